The Labute approximate surface area is 78.9 Å². The van der Waals surface area contributed by atoms with Crippen LogP contribution in [0.15, 0.2) is 12.1 Å². The van der Waals surface area contributed by atoms with Crippen molar-refractivity contribution in [2.75, 3.05) is 0 Å². The molecule has 0 heterocycles. The van der Waals surface area contributed by atoms with Crippen molar-refractivity contribution in [2.45, 2.75) is 5.88 Å². The summed E-state index contributed by atoms with van der Waals surface area (Å²) in [6.07, 6.45) is 0. The maximum atomic E-state index is 12.9. The fraction of sp³-hybridized carbons (Fsp3) is 0.143. The van der Waals surface area contributed by atoms with Crippen molar-refractivity contribution < 1.29 is 4.39 Å². The number of benzene rings is 1. The van der Waals surface area contributed by atoms with E-state index in [0.29, 0.717) is 5.56 Å². The molecule has 0 atom stereocenters. The molecule has 1 rings (SSSR count). The van der Waals surface area contributed by atoms with Crippen molar-refractivity contribution in [3.8, 4) is 0 Å². The van der Waals surface area contributed by atoms with Crippen molar-refractivity contribution in [1.82, 2.24) is 0 Å². The van der Waals surface area contributed by atoms with Gasteiger partial charge in [-0.15, -0.1) is 11.6 Å². The number of hydrogen-bond acceptors (Lipinski definition) is 0. The molecule has 0 saturated heterocycles. The van der Waals surface area contributed by atoms with Gasteiger partial charge in [-0.1, -0.05) is 29.3 Å². The first kappa shape index (κ1) is 9.11. The summed E-state index contributed by atoms with van der Waals surface area (Å²) in [5, 5.41) is 0.0244. The van der Waals surface area contributed by atoms with E-state index in [9.17, 15) is 4.39 Å². The zero-order chi connectivity index (χ0) is 8.43. The summed E-state index contributed by atoms with van der Waals surface area (Å²) >= 11 is 16.5. The smallest absolute Gasteiger partial charge is 0.160 e. The SMILES string of the molecule is Fc1c(Cl)ccc(CCl)c1Cl. The second-order valence-electron chi connectivity index (χ2n) is 1.97. The van der Waals surface area contributed by atoms with E-state index in [1.807, 2.05) is 0 Å². The summed E-state index contributed by atoms with van der Waals surface area (Å²) in [7, 11) is 0. The summed E-state index contributed by atoms with van der Waals surface area (Å²) in [5.41, 5.74) is 0.551. The molecule has 1 aromatic carbocycles. The fourth-order valence-electron chi connectivity index (χ4n) is 0.669. The van der Waals surface area contributed by atoms with Crippen LogP contribution in [0.4, 0.5) is 4.39 Å². The van der Waals surface area contributed by atoms with E-state index in [1.54, 1.807) is 6.07 Å². The van der Waals surface area contributed by atoms with Crippen LogP contribution >= 0.6 is 34.8 Å². The fourth-order valence-corrected chi connectivity index (χ4v) is 1.40. The Morgan fingerprint density at radius 3 is 2.45 bits per heavy atom. The van der Waals surface area contributed by atoms with Gasteiger partial charge in [-0.3, -0.25) is 0 Å². The van der Waals surface area contributed by atoms with Crippen molar-refractivity contribution in [3.63, 3.8) is 0 Å². The lowest BCUT2D eigenvalue weighted by molar-refractivity contribution is 0.627. The van der Waals surface area contributed by atoms with Crippen molar-refractivity contribution >= 4 is 34.8 Å². The van der Waals surface area contributed by atoms with Crippen LogP contribution in [0.3, 0.4) is 0 Å². The van der Waals surface area contributed by atoms with Crippen LogP contribution in [-0.2, 0) is 5.88 Å². The van der Waals surface area contributed by atoms with Gasteiger partial charge in [0.25, 0.3) is 0 Å². The standard InChI is InChI=1S/C7H4Cl3F/c8-3-4-1-2-5(9)7(11)6(4)10/h1-2H,3H2. The molecule has 0 unspecified atom stereocenters. The highest BCUT2D eigenvalue weighted by Crippen LogP contribution is 2.26. The first-order valence-electron chi connectivity index (χ1n) is 2.85. The summed E-state index contributed by atoms with van der Waals surface area (Å²) in [6.45, 7) is 0. The average molecular weight is 213 g/mol. The molecule has 0 radical (unpaired) electrons. The van der Waals surface area contributed by atoms with Gasteiger partial charge in [0.15, 0.2) is 5.82 Å². The van der Waals surface area contributed by atoms with Crippen LogP contribution in [0, 0.1) is 5.82 Å². The van der Waals surface area contributed by atoms with Crippen molar-refractivity contribution in [3.05, 3.63) is 33.6 Å². The van der Waals surface area contributed by atoms with Crippen LogP contribution < -0.4 is 0 Å². The highest BCUT2D eigenvalue weighted by molar-refractivity contribution is 6.35. The molecule has 0 aromatic heterocycles. The third-order valence-corrected chi connectivity index (χ3v) is 2.25. The molecule has 0 fully saturated rings. The van der Waals surface area contributed by atoms with Gasteiger partial charge in [0, 0.05) is 5.88 Å². The Morgan fingerprint density at radius 2 is 1.91 bits per heavy atom. The largest absolute Gasteiger partial charge is 0.204 e. The summed E-state index contributed by atoms with van der Waals surface area (Å²) in [4.78, 5) is 0. The van der Waals surface area contributed by atoms with Gasteiger partial charge < -0.3 is 0 Å². The molecule has 1 aromatic rings. The number of halogens is 4. The van der Waals surface area contributed by atoms with E-state index in [2.05, 4.69) is 0 Å². The lowest BCUT2D eigenvalue weighted by Crippen LogP contribution is -1.85. The molecule has 0 saturated carbocycles. The molecule has 0 nitrogen and oxygen atoms in total. The molecule has 0 N–H and O–H groups in total. The summed E-state index contributed by atoms with van der Waals surface area (Å²) in [5.74, 6) is -0.418. The molecule has 4 heteroatoms. The number of alkyl halides is 1. The number of hydrogen-bond donors (Lipinski definition) is 0. The van der Waals surface area contributed by atoms with Gasteiger partial charge in [0.1, 0.15) is 0 Å². The van der Waals surface area contributed by atoms with Gasteiger partial charge in [-0.25, -0.2) is 4.39 Å². The highest BCUT2D eigenvalue weighted by atomic mass is 35.5. The Hall–Kier alpha value is 0.0200. The highest BCUT2D eigenvalue weighted by Gasteiger charge is 2.08. The zero-order valence-electron chi connectivity index (χ0n) is 5.37. The molecule has 0 aliphatic rings. The first-order chi connectivity index (χ1) is 5.16. The van der Waals surface area contributed by atoms with Crippen LogP contribution in [0.2, 0.25) is 10.0 Å². The van der Waals surface area contributed by atoms with E-state index in [1.165, 1.54) is 6.07 Å². The van der Waals surface area contributed by atoms with Crippen molar-refractivity contribution in [1.29, 1.82) is 0 Å². The summed E-state index contributed by atoms with van der Waals surface area (Å²) < 4.78 is 12.9. The molecule has 60 valence electrons. The summed E-state index contributed by atoms with van der Waals surface area (Å²) in [6, 6.07) is 3.03. The Kier molecular flexibility index (Phi) is 2.99. The third kappa shape index (κ3) is 1.78. The Bertz CT molecular complexity index is 273. The van der Waals surface area contributed by atoms with Gasteiger partial charge in [-0.2, -0.15) is 0 Å². The van der Waals surface area contributed by atoms with Crippen LogP contribution in [-0.4, -0.2) is 0 Å². The molecule has 0 spiro atoms. The van der Waals surface area contributed by atoms with E-state index in [-0.39, 0.29) is 15.9 Å². The minimum atomic E-state index is -0.605. The molecular formula is C7H4Cl3F. The van der Waals surface area contributed by atoms with Crippen LogP contribution in [0.1, 0.15) is 5.56 Å². The monoisotopic (exact) mass is 212 g/mol. The zero-order valence-corrected chi connectivity index (χ0v) is 7.64. The molecule has 0 bridgehead atoms. The van der Waals surface area contributed by atoms with Gasteiger partial charge in [0.05, 0.1) is 10.0 Å². The second-order valence-corrected chi connectivity index (χ2v) is 3.02. The van der Waals surface area contributed by atoms with Crippen LogP contribution in [0.25, 0.3) is 0 Å². The third-order valence-electron chi connectivity index (χ3n) is 1.26. The topological polar surface area (TPSA) is 0 Å². The Morgan fingerprint density at radius 1 is 1.27 bits per heavy atom. The molecule has 0 aliphatic carbocycles. The molecular weight excluding hydrogens is 209 g/mol. The van der Waals surface area contributed by atoms with E-state index >= 15 is 0 Å². The maximum absolute atomic E-state index is 12.9. The number of rotatable bonds is 1. The molecule has 0 amide bonds. The van der Waals surface area contributed by atoms with Crippen molar-refractivity contribution in [2.24, 2.45) is 0 Å². The van der Waals surface area contributed by atoms with E-state index < -0.39 is 5.82 Å². The van der Waals surface area contributed by atoms with Gasteiger partial charge >= 0.3 is 0 Å². The Balaban J connectivity index is 3.25. The lowest BCUT2D eigenvalue weighted by atomic mass is 10.2. The van der Waals surface area contributed by atoms with E-state index in [4.69, 9.17) is 34.8 Å². The van der Waals surface area contributed by atoms with Crippen LogP contribution in [0.5, 0.6) is 0 Å². The lowest BCUT2D eigenvalue weighted by Gasteiger charge is -2.01. The van der Waals surface area contributed by atoms with Gasteiger partial charge in [-0.05, 0) is 11.6 Å². The van der Waals surface area contributed by atoms with Gasteiger partial charge in [0.2, 0.25) is 0 Å². The minimum Gasteiger partial charge on any atom is -0.204 e. The normalized spacial score (nSPS) is 10.2. The molecule has 11 heavy (non-hydrogen) atoms. The quantitative estimate of drug-likeness (QED) is 0.491. The first-order valence-corrected chi connectivity index (χ1v) is 4.14. The predicted octanol–water partition coefficient (Wildman–Crippen LogP) is 3.87. The van der Waals surface area contributed by atoms with E-state index in [0.717, 1.165) is 0 Å². The predicted molar refractivity (Wildman–Crippen MR) is 46.0 cm³/mol. The minimum absolute atomic E-state index is 0.00694. The second kappa shape index (κ2) is 3.61. The maximum Gasteiger partial charge on any atom is 0.160 e. The molecule has 0 aliphatic heterocycles. The average Bonchev–Trinajstić information content (AvgIpc) is 2.01.